The van der Waals surface area contributed by atoms with Crippen LogP contribution in [0.1, 0.15) is 97.3 Å². The summed E-state index contributed by atoms with van der Waals surface area (Å²) in [5, 5.41) is 18.0. The van der Waals surface area contributed by atoms with Gasteiger partial charge in [-0.1, -0.05) is 77.4 Å². The first-order chi connectivity index (χ1) is 13.0. The number of aliphatic hydroxyl groups is 1. The highest BCUT2D eigenvalue weighted by Gasteiger charge is 2.37. The van der Waals surface area contributed by atoms with Gasteiger partial charge in [-0.25, -0.2) is 4.79 Å². The van der Waals surface area contributed by atoms with E-state index in [-0.39, 0.29) is 5.92 Å². The molecule has 1 rings (SSSR count). The third-order valence-electron chi connectivity index (χ3n) is 5.92. The molecule has 156 valence electrons. The number of allylic oxidation sites excluding steroid dienone is 2. The Kier molecular flexibility index (Phi) is 12.3. The Morgan fingerprint density at radius 2 is 1.78 bits per heavy atom. The molecule has 1 aliphatic carbocycles. The number of ketones is 1. The lowest BCUT2D eigenvalue weighted by Crippen LogP contribution is -2.19. The summed E-state index contributed by atoms with van der Waals surface area (Å²) in [6.07, 6.45) is 16.7. The second kappa shape index (κ2) is 13.9. The molecule has 0 amide bonds. The molecule has 1 fully saturated rings. The molecule has 2 N–H and O–H groups in total. The van der Waals surface area contributed by atoms with Crippen LogP contribution in [-0.2, 0) is 9.59 Å². The zero-order valence-corrected chi connectivity index (χ0v) is 17.4. The first-order valence-electron chi connectivity index (χ1n) is 11.1. The number of carbonyl (C=O) groups is 2. The highest BCUT2D eigenvalue weighted by molar-refractivity contribution is 5.84. The van der Waals surface area contributed by atoms with Crippen LogP contribution in [0.3, 0.4) is 0 Å². The van der Waals surface area contributed by atoms with Crippen molar-refractivity contribution in [2.24, 2.45) is 17.8 Å². The number of hydrogen-bond acceptors (Lipinski definition) is 3. The highest BCUT2D eigenvalue weighted by Crippen LogP contribution is 2.38. The zero-order chi connectivity index (χ0) is 20.1. The first-order valence-corrected chi connectivity index (χ1v) is 11.1. The lowest BCUT2D eigenvalue weighted by atomic mass is 9.86. The summed E-state index contributed by atoms with van der Waals surface area (Å²) in [4.78, 5) is 22.9. The van der Waals surface area contributed by atoms with Crippen LogP contribution < -0.4 is 0 Å². The Hall–Kier alpha value is -1.16. The smallest absolute Gasteiger partial charge is 0.332 e. The van der Waals surface area contributed by atoms with Crippen molar-refractivity contribution in [1.82, 2.24) is 0 Å². The molecule has 0 spiro atoms. The van der Waals surface area contributed by atoms with Crippen molar-refractivity contribution in [2.75, 3.05) is 0 Å². The normalized spacial score (nSPS) is 24.0. The van der Waals surface area contributed by atoms with Crippen LogP contribution in [0.25, 0.3) is 0 Å². The average Bonchev–Trinajstić information content (AvgIpc) is 2.89. The lowest BCUT2D eigenvalue weighted by Gasteiger charge is -2.18. The second-order valence-corrected chi connectivity index (χ2v) is 8.31. The van der Waals surface area contributed by atoms with E-state index in [2.05, 4.69) is 26.0 Å². The van der Waals surface area contributed by atoms with Crippen molar-refractivity contribution in [3.8, 4) is 0 Å². The molecule has 1 saturated carbocycles. The fourth-order valence-electron chi connectivity index (χ4n) is 4.19. The van der Waals surface area contributed by atoms with Crippen LogP contribution in [0.5, 0.6) is 0 Å². The summed E-state index contributed by atoms with van der Waals surface area (Å²) in [7, 11) is 0. The summed E-state index contributed by atoms with van der Waals surface area (Å²) in [6.45, 7) is 4.42. The number of aliphatic hydroxyl groups excluding tert-OH is 1. The van der Waals surface area contributed by atoms with Crippen LogP contribution in [0.2, 0.25) is 0 Å². The van der Waals surface area contributed by atoms with E-state index in [9.17, 15) is 14.7 Å². The minimum atomic E-state index is -1.25. The van der Waals surface area contributed by atoms with Gasteiger partial charge >= 0.3 is 5.97 Å². The number of carbonyl (C=O) groups excluding carboxylic acids is 1. The van der Waals surface area contributed by atoms with Gasteiger partial charge in [-0.05, 0) is 37.5 Å². The Labute approximate surface area is 165 Å². The molecule has 0 radical (unpaired) electrons. The number of aliphatic carboxylic acids is 1. The molecule has 0 aromatic heterocycles. The van der Waals surface area contributed by atoms with Gasteiger partial charge in [0.2, 0.25) is 0 Å². The maximum absolute atomic E-state index is 12.3. The van der Waals surface area contributed by atoms with Crippen LogP contribution in [0.15, 0.2) is 12.2 Å². The molecule has 0 bridgehead atoms. The summed E-state index contributed by atoms with van der Waals surface area (Å²) < 4.78 is 0. The Balaban J connectivity index is 2.27. The molecule has 0 aromatic carbocycles. The molecule has 0 aromatic rings. The SMILES string of the molecule is CCCCCCCC/C=C/[C@H]1[C@H](C)CC(=O)[C@@H]1CCCCCC(O)C(=O)O. The van der Waals surface area contributed by atoms with Crippen LogP contribution >= 0.6 is 0 Å². The molecule has 1 unspecified atom stereocenters. The third-order valence-corrected chi connectivity index (χ3v) is 5.92. The van der Waals surface area contributed by atoms with Gasteiger partial charge in [0.25, 0.3) is 0 Å². The first kappa shape index (κ1) is 23.9. The van der Waals surface area contributed by atoms with Crippen LogP contribution in [0, 0.1) is 17.8 Å². The Morgan fingerprint density at radius 1 is 1.11 bits per heavy atom. The van der Waals surface area contributed by atoms with E-state index in [1.54, 1.807) is 0 Å². The third kappa shape index (κ3) is 9.55. The van der Waals surface area contributed by atoms with Crippen molar-refractivity contribution >= 4 is 11.8 Å². The van der Waals surface area contributed by atoms with Gasteiger partial charge in [0.15, 0.2) is 6.10 Å². The summed E-state index contributed by atoms with van der Waals surface area (Å²) in [5.41, 5.74) is 0. The molecule has 4 heteroatoms. The van der Waals surface area contributed by atoms with Gasteiger partial charge < -0.3 is 10.2 Å². The van der Waals surface area contributed by atoms with Crippen molar-refractivity contribution < 1.29 is 19.8 Å². The van der Waals surface area contributed by atoms with Gasteiger partial charge in [-0.15, -0.1) is 0 Å². The average molecular weight is 381 g/mol. The van der Waals surface area contributed by atoms with Crippen molar-refractivity contribution in [2.45, 2.75) is 103 Å². The summed E-state index contributed by atoms with van der Waals surface area (Å²) in [6, 6.07) is 0. The van der Waals surface area contributed by atoms with E-state index in [0.717, 1.165) is 25.7 Å². The fourth-order valence-corrected chi connectivity index (χ4v) is 4.19. The maximum atomic E-state index is 12.3. The largest absolute Gasteiger partial charge is 0.479 e. The number of Topliss-reactive ketones (excluding diaryl/α,β-unsaturated/α-hetero) is 1. The van der Waals surface area contributed by atoms with Crippen LogP contribution in [-0.4, -0.2) is 28.1 Å². The molecule has 0 heterocycles. The number of hydrogen-bond donors (Lipinski definition) is 2. The molecular weight excluding hydrogens is 340 g/mol. The quantitative estimate of drug-likeness (QED) is 0.289. The van der Waals surface area contributed by atoms with Crippen molar-refractivity contribution in [3.63, 3.8) is 0 Å². The van der Waals surface area contributed by atoms with Crippen LogP contribution in [0.4, 0.5) is 0 Å². The van der Waals surface area contributed by atoms with Gasteiger partial charge in [-0.3, -0.25) is 4.79 Å². The molecule has 4 atom stereocenters. The monoisotopic (exact) mass is 380 g/mol. The molecule has 0 saturated heterocycles. The number of unbranched alkanes of at least 4 members (excludes halogenated alkanes) is 8. The van der Waals surface area contributed by atoms with Crippen molar-refractivity contribution in [3.05, 3.63) is 12.2 Å². The second-order valence-electron chi connectivity index (χ2n) is 8.31. The predicted molar refractivity (Wildman–Crippen MR) is 110 cm³/mol. The number of rotatable bonds is 15. The minimum Gasteiger partial charge on any atom is -0.479 e. The Bertz CT molecular complexity index is 457. The van der Waals surface area contributed by atoms with Gasteiger partial charge in [-0.2, -0.15) is 0 Å². The highest BCUT2D eigenvalue weighted by atomic mass is 16.4. The van der Waals surface area contributed by atoms with Gasteiger partial charge in [0.05, 0.1) is 0 Å². The molecule has 0 aliphatic heterocycles. The predicted octanol–water partition coefficient (Wildman–Crippen LogP) is 5.53. The molecule has 1 aliphatic rings. The summed E-state index contributed by atoms with van der Waals surface area (Å²) >= 11 is 0. The number of carboxylic acids is 1. The van der Waals surface area contributed by atoms with E-state index < -0.39 is 12.1 Å². The van der Waals surface area contributed by atoms with E-state index in [1.807, 2.05) is 0 Å². The fraction of sp³-hybridized carbons (Fsp3) is 0.826. The van der Waals surface area contributed by atoms with Crippen molar-refractivity contribution in [1.29, 1.82) is 0 Å². The van der Waals surface area contributed by atoms with E-state index >= 15 is 0 Å². The Morgan fingerprint density at radius 3 is 2.48 bits per heavy atom. The molecule has 27 heavy (non-hydrogen) atoms. The van der Waals surface area contributed by atoms with E-state index in [1.165, 1.54) is 38.5 Å². The van der Waals surface area contributed by atoms with Gasteiger partial charge in [0, 0.05) is 12.3 Å². The van der Waals surface area contributed by atoms with E-state index in [0.29, 0.717) is 36.9 Å². The zero-order valence-electron chi connectivity index (χ0n) is 17.4. The topological polar surface area (TPSA) is 74.6 Å². The van der Waals surface area contributed by atoms with E-state index in [4.69, 9.17) is 5.11 Å². The van der Waals surface area contributed by atoms with Gasteiger partial charge in [0.1, 0.15) is 5.78 Å². The standard InChI is InChI=1S/C23H40O4/c1-3-4-5-6-7-8-9-11-14-19-18(2)17-22(25)20(19)15-12-10-13-16-21(24)23(26)27/h11,14,18-21,24H,3-10,12-13,15-17H2,1-2H3,(H,26,27)/b14-11+/t18-,19+,20-,21?/m1/s1. The molecular formula is C23H40O4. The minimum absolute atomic E-state index is 0.130. The number of carboxylic acid groups (broad SMARTS) is 1. The lowest BCUT2D eigenvalue weighted by molar-refractivity contribution is -0.147. The summed E-state index contributed by atoms with van der Waals surface area (Å²) in [5.74, 6) is 0.164. The maximum Gasteiger partial charge on any atom is 0.332 e. The molecule has 4 nitrogen and oxygen atoms in total.